The molecule has 43 heavy (non-hydrogen) atoms. The van der Waals surface area contributed by atoms with Crippen molar-refractivity contribution in [2.24, 2.45) is 17.8 Å². The topological polar surface area (TPSA) is 143 Å². The van der Waals surface area contributed by atoms with Gasteiger partial charge in [0, 0.05) is 36.5 Å². The van der Waals surface area contributed by atoms with E-state index in [9.17, 15) is 24.8 Å². The molecular formula is C31H41FN4O7. The summed E-state index contributed by atoms with van der Waals surface area (Å²) in [5, 5.41) is 27.4. The lowest BCUT2D eigenvalue weighted by Crippen LogP contribution is -2.38. The first-order valence-electron chi connectivity index (χ1n) is 14.8. The largest absolute Gasteiger partial charge is 0.494 e. The fourth-order valence-corrected chi connectivity index (χ4v) is 6.66. The molecule has 4 unspecified atom stereocenters. The summed E-state index contributed by atoms with van der Waals surface area (Å²) in [5.74, 6) is -0.343. The molecule has 1 heterocycles. The number of carbonyl (C=O) groups is 2. The first-order chi connectivity index (χ1) is 20.5. The van der Waals surface area contributed by atoms with E-state index >= 15 is 4.39 Å². The van der Waals surface area contributed by atoms with Crippen LogP contribution in [0.5, 0.6) is 5.75 Å². The molecule has 1 amide bonds. The first kappa shape index (κ1) is 32.0. The summed E-state index contributed by atoms with van der Waals surface area (Å²) in [5.41, 5.74) is 0.544. The highest BCUT2D eigenvalue weighted by Gasteiger charge is 2.37. The van der Waals surface area contributed by atoms with Gasteiger partial charge >= 0.3 is 5.97 Å². The van der Waals surface area contributed by atoms with Crippen LogP contribution < -0.4 is 20.3 Å². The molecule has 0 spiro atoms. The van der Waals surface area contributed by atoms with E-state index in [1.54, 1.807) is 18.2 Å². The third-order valence-corrected chi connectivity index (χ3v) is 8.60. The number of nitro groups is 1. The van der Waals surface area contributed by atoms with Gasteiger partial charge in [-0.2, -0.15) is 0 Å². The van der Waals surface area contributed by atoms with Gasteiger partial charge in [-0.1, -0.05) is 33.6 Å². The van der Waals surface area contributed by atoms with E-state index in [-0.39, 0.29) is 48.6 Å². The van der Waals surface area contributed by atoms with Crippen molar-refractivity contribution in [1.82, 2.24) is 0 Å². The maximum absolute atomic E-state index is 15.1. The fourth-order valence-electron chi connectivity index (χ4n) is 6.66. The molecule has 0 radical (unpaired) electrons. The number of carboxylic acids is 1. The third-order valence-electron chi connectivity index (χ3n) is 8.60. The van der Waals surface area contributed by atoms with E-state index in [4.69, 9.17) is 9.47 Å². The Balaban J connectivity index is 1.47. The van der Waals surface area contributed by atoms with Crippen LogP contribution in [0.1, 0.15) is 58.4 Å². The second-order valence-corrected chi connectivity index (χ2v) is 11.7. The zero-order chi connectivity index (χ0) is 31.3. The minimum absolute atomic E-state index is 0.00687. The van der Waals surface area contributed by atoms with E-state index in [1.807, 2.05) is 0 Å². The number of carbonyl (C=O) groups excluding carboxylic acids is 1. The Bertz CT molecular complexity index is 1340. The Morgan fingerprint density at radius 2 is 1.95 bits per heavy atom. The van der Waals surface area contributed by atoms with Gasteiger partial charge in [-0.3, -0.25) is 14.9 Å². The average molecular weight is 601 g/mol. The van der Waals surface area contributed by atoms with E-state index in [2.05, 4.69) is 31.4 Å². The van der Waals surface area contributed by atoms with Crippen molar-refractivity contribution >= 4 is 34.6 Å². The second-order valence-electron chi connectivity index (χ2n) is 11.7. The summed E-state index contributed by atoms with van der Waals surface area (Å²) in [7, 11) is 1.46. The van der Waals surface area contributed by atoms with Crippen molar-refractivity contribution in [3.05, 3.63) is 51.8 Å². The lowest BCUT2D eigenvalue weighted by Gasteiger charge is -2.38. The number of nitro benzene ring substituents is 1. The number of aliphatic carboxylic acids is 1. The molecule has 2 aromatic rings. The molecule has 1 saturated heterocycles. The van der Waals surface area contributed by atoms with Crippen LogP contribution in [0.3, 0.4) is 0 Å². The molecule has 234 valence electrons. The molecule has 4 atom stereocenters. The highest BCUT2D eigenvalue weighted by Crippen LogP contribution is 2.39. The van der Waals surface area contributed by atoms with Crippen molar-refractivity contribution in [2.75, 3.05) is 35.8 Å². The Morgan fingerprint density at radius 1 is 1.19 bits per heavy atom. The van der Waals surface area contributed by atoms with Gasteiger partial charge in [0.2, 0.25) is 5.91 Å². The number of benzene rings is 2. The molecule has 1 aliphatic carbocycles. The van der Waals surface area contributed by atoms with Crippen molar-refractivity contribution in [3.8, 4) is 5.75 Å². The number of anilines is 3. The Labute approximate surface area is 250 Å². The SMILES string of the molecule is COc1cc(NCc2c(F)ccc([N+](=O)[O-])c2N2CCCC2C(=O)O)ccc1NC(=O)COC1CCCC(C)C1C(C)C. The van der Waals surface area contributed by atoms with Crippen molar-refractivity contribution in [1.29, 1.82) is 0 Å². The van der Waals surface area contributed by atoms with Gasteiger partial charge in [0.1, 0.15) is 29.9 Å². The number of hydrogen-bond acceptors (Lipinski definition) is 8. The van der Waals surface area contributed by atoms with Gasteiger partial charge in [0.15, 0.2) is 0 Å². The summed E-state index contributed by atoms with van der Waals surface area (Å²) in [6.45, 7) is 6.66. The standard InChI is InChI=1S/C31H41FN4O7/c1-18(2)29-19(3)7-5-9-26(29)43-17-28(37)34-23-12-10-20(15-27(23)42-4)33-16-21-22(32)11-13-24(36(40)41)30(21)35-14-6-8-25(35)31(38)39/h10-13,15,18-19,25-26,29,33H,5-9,14,16-17H2,1-4H3,(H,34,37)(H,38,39). The van der Waals surface area contributed by atoms with Crippen LogP contribution in [-0.2, 0) is 20.9 Å². The summed E-state index contributed by atoms with van der Waals surface area (Å²) in [4.78, 5) is 37.2. The molecule has 2 aliphatic rings. The number of nitrogens with zero attached hydrogens (tertiary/aromatic N) is 2. The van der Waals surface area contributed by atoms with Gasteiger partial charge < -0.3 is 30.1 Å². The Morgan fingerprint density at radius 3 is 2.63 bits per heavy atom. The maximum Gasteiger partial charge on any atom is 0.326 e. The minimum Gasteiger partial charge on any atom is -0.494 e. The zero-order valence-corrected chi connectivity index (χ0v) is 25.1. The van der Waals surface area contributed by atoms with Gasteiger partial charge in [-0.05, 0) is 55.2 Å². The van der Waals surface area contributed by atoms with Crippen LogP contribution in [0.2, 0.25) is 0 Å². The normalized spacial score (nSPS) is 22.0. The van der Waals surface area contributed by atoms with E-state index < -0.39 is 22.8 Å². The lowest BCUT2D eigenvalue weighted by molar-refractivity contribution is -0.384. The summed E-state index contributed by atoms with van der Waals surface area (Å²) >= 11 is 0. The van der Waals surface area contributed by atoms with Gasteiger partial charge in [-0.25, -0.2) is 9.18 Å². The molecule has 2 fully saturated rings. The van der Waals surface area contributed by atoms with Crippen molar-refractivity contribution in [2.45, 2.75) is 71.6 Å². The quantitative estimate of drug-likeness (QED) is 0.203. The second kappa shape index (κ2) is 14.0. The molecule has 0 bridgehead atoms. The average Bonchev–Trinajstić information content (AvgIpc) is 3.45. The monoisotopic (exact) mass is 600 g/mol. The van der Waals surface area contributed by atoms with Gasteiger partial charge in [0.25, 0.3) is 5.69 Å². The number of nitrogens with one attached hydrogen (secondary N) is 2. The number of methoxy groups -OCH3 is 1. The maximum atomic E-state index is 15.1. The molecule has 4 rings (SSSR count). The predicted molar refractivity (Wildman–Crippen MR) is 161 cm³/mol. The van der Waals surface area contributed by atoms with Crippen LogP contribution in [-0.4, -0.2) is 54.3 Å². The van der Waals surface area contributed by atoms with Crippen LogP contribution >= 0.6 is 0 Å². The summed E-state index contributed by atoms with van der Waals surface area (Å²) < 4.78 is 26.7. The Hall–Kier alpha value is -3.93. The molecule has 11 nitrogen and oxygen atoms in total. The number of ether oxygens (including phenoxy) is 2. The van der Waals surface area contributed by atoms with Crippen LogP contribution in [0, 0.1) is 33.7 Å². The molecule has 3 N–H and O–H groups in total. The van der Waals surface area contributed by atoms with Crippen LogP contribution in [0.25, 0.3) is 0 Å². The Kier molecular flexibility index (Phi) is 10.4. The molecule has 0 aromatic heterocycles. The molecular weight excluding hydrogens is 559 g/mol. The molecule has 12 heteroatoms. The molecule has 1 aliphatic heterocycles. The van der Waals surface area contributed by atoms with E-state index in [0.717, 1.165) is 25.0 Å². The van der Waals surface area contributed by atoms with Crippen molar-refractivity contribution in [3.63, 3.8) is 0 Å². The van der Waals surface area contributed by atoms with Crippen LogP contribution in [0.4, 0.5) is 27.1 Å². The number of rotatable bonds is 12. The number of carboxylic acid groups (broad SMARTS) is 1. The fraction of sp³-hybridized carbons (Fsp3) is 0.548. The highest BCUT2D eigenvalue weighted by molar-refractivity contribution is 5.93. The van der Waals surface area contributed by atoms with Gasteiger partial charge in [0.05, 0.1) is 23.8 Å². The molecule has 2 aromatic carbocycles. The van der Waals surface area contributed by atoms with E-state index in [1.165, 1.54) is 18.4 Å². The highest BCUT2D eigenvalue weighted by atomic mass is 19.1. The number of halogens is 1. The minimum atomic E-state index is -1.12. The third kappa shape index (κ3) is 7.35. The smallest absolute Gasteiger partial charge is 0.326 e. The van der Waals surface area contributed by atoms with E-state index in [0.29, 0.717) is 47.7 Å². The zero-order valence-electron chi connectivity index (χ0n) is 25.1. The number of amides is 1. The number of hydrogen-bond donors (Lipinski definition) is 3. The summed E-state index contributed by atoms with van der Waals surface area (Å²) in [6.07, 6.45) is 4.05. The molecule has 1 saturated carbocycles. The van der Waals surface area contributed by atoms with Crippen molar-refractivity contribution < 1.29 is 33.5 Å². The predicted octanol–water partition coefficient (Wildman–Crippen LogP) is 5.82. The first-order valence-corrected chi connectivity index (χ1v) is 14.8. The van der Waals surface area contributed by atoms with Crippen LogP contribution in [0.15, 0.2) is 30.3 Å². The summed E-state index contributed by atoms with van der Waals surface area (Å²) in [6, 6.07) is 6.03. The van der Waals surface area contributed by atoms with Gasteiger partial charge in [-0.15, -0.1) is 0 Å². The lowest BCUT2D eigenvalue weighted by atomic mass is 9.72.